The van der Waals surface area contributed by atoms with Crippen LogP contribution in [0.3, 0.4) is 0 Å². The molecule has 0 aromatic carbocycles. The van der Waals surface area contributed by atoms with Gasteiger partial charge in [-0.3, -0.25) is 9.19 Å². The van der Waals surface area contributed by atoms with Gasteiger partial charge in [0.1, 0.15) is 0 Å². The Bertz CT molecular complexity index is 420. The summed E-state index contributed by atoms with van der Waals surface area (Å²) in [6.45, 7) is 3.31. The average Bonchev–Trinajstić information content (AvgIpc) is 2.34. The molecule has 0 aliphatic heterocycles. The Morgan fingerprint density at radius 2 is 2.28 bits per heavy atom. The zero-order valence-electron chi connectivity index (χ0n) is 10.5. The summed E-state index contributed by atoms with van der Waals surface area (Å²) in [5.41, 5.74) is 0.985. The van der Waals surface area contributed by atoms with Crippen molar-refractivity contribution in [3.05, 3.63) is 29.6 Å². The molecule has 0 radical (unpaired) electrons. The van der Waals surface area contributed by atoms with Crippen LogP contribution < -0.4 is 5.32 Å². The van der Waals surface area contributed by atoms with Crippen LogP contribution >= 0.6 is 0 Å². The van der Waals surface area contributed by atoms with Crippen molar-refractivity contribution in [3.8, 4) is 0 Å². The van der Waals surface area contributed by atoms with E-state index < -0.39 is 16.8 Å². The Morgan fingerprint density at radius 1 is 1.56 bits per heavy atom. The van der Waals surface area contributed by atoms with Crippen molar-refractivity contribution in [3.63, 3.8) is 0 Å². The van der Waals surface area contributed by atoms with Crippen LogP contribution in [0.15, 0.2) is 18.3 Å². The van der Waals surface area contributed by atoms with Crippen molar-refractivity contribution in [2.75, 3.05) is 12.8 Å². The van der Waals surface area contributed by atoms with E-state index in [1.165, 1.54) is 12.3 Å². The minimum absolute atomic E-state index is 0.180. The Balaban J connectivity index is 2.31. The van der Waals surface area contributed by atoms with E-state index in [2.05, 4.69) is 10.3 Å². The topological polar surface area (TPSA) is 79.3 Å². The molecule has 2 N–H and O–H groups in total. The van der Waals surface area contributed by atoms with Gasteiger partial charge in [-0.15, -0.1) is 0 Å². The molecule has 2 unspecified atom stereocenters. The highest BCUT2D eigenvalue weighted by Gasteiger charge is 2.05. The summed E-state index contributed by atoms with van der Waals surface area (Å²) in [4.78, 5) is 14.7. The van der Waals surface area contributed by atoms with E-state index >= 15 is 0 Å². The minimum Gasteiger partial charge on any atom is -0.478 e. The van der Waals surface area contributed by atoms with Crippen LogP contribution in [0, 0.1) is 0 Å². The fourth-order valence-corrected chi connectivity index (χ4v) is 1.79. The van der Waals surface area contributed by atoms with Gasteiger partial charge >= 0.3 is 5.97 Å². The molecule has 0 aliphatic rings. The molecule has 0 saturated heterocycles. The molecule has 0 aliphatic carbocycles. The van der Waals surface area contributed by atoms with Gasteiger partial charge in [-0.2, -0.15) is 0 Å². The van der Waals surface area contributed by atoms with Gasteiger partial charge in [-0.25, -0.2) is 4.79 Å². The van der Waals surface area contributed by atoms with E-state index in [4.69, 9.17) is 5.11 Å². The zero-order valence-corrected chi connectivity index (χ0v) is 11.4. The lowest BCUT2D eigenvalue weighted by molar-refractivity contribution is 0.0696. The molecule has 6 heteroatoms. The van der Waals surface area contributed by atoms with Gasteiger partial charge in [0.2, 0.25) is 0 Å². The van der Waals surface area contributed by atoms with Gasteiger partial charge in [0.15, 0.2) is 0 Å². The van der Waals surface area contributed by atoms with E-state index in [1.54, 1.807) is 12.3 Å². The van der Waals surface area contributed by atoms with Crippen molar-refractivity contribution in [2.24, 2.45) is 0 Å². The summed E-state index contributed by atoms with van der Waals surface area (Å²) < 4.78 is 11.1. The first-order chi connectivity index (χ1) is 8.50. The second kappa shape index (κ2) is 7.23. The first kappa shape index (κ1) is 14.8. The molecule has 100 valence electrons. The minimum atomic E-state index is -0.971. The fourth-order valence-electron chi connectivity index (χ4n) is 1.34. The van der Waals surface area contributed by atoms with Crippen LogP contribution in [0.25, 0.3) is 0 Å². The number of nitrogens with zero attached hydrogens (tertiary/aromatic N) is 1. The Hall–Kier alpha value is -1.27. The smallest absolute Gasteiger partial charge is 0.337 e. The largest absolute Gasteiger partial charge is 0.478 e. The van der Waals surface area contributed by atoms with E-state index in [0.717, 1.165) is 18.7 Å². The number of carboxylic acid groups (broad SMARTS) is 1. The van der Waals surface area contributed by atoms with Crippen molar-refractivity contribution in [1.29, 1.82) is 0 Å². The highest BCUT2D eigenvalue weighted by atomic mass is 32.2. The molecule has 0 fully saturated rings. The van der Waals surface area contributed by atoms with Gasteiger partial charge in [0, 0.05) is 35.0 Å². The zero-order chi connectivity index (χ0) is 13.5. The Labute approximate surface area is 109 Å². The number of hydrogen-bond donors (Lipinski definition) is 2. The first-order valence-corrected chi connectivity index (χ1v) is 7.34. The van der Waals surface area contributed by atoms with Crippen molar-refractivity contribution >= 4 is 16.8 Å². The van der Waals surface area contributed by atoms with E-state index in [9.17, 15) is 9.00 Å². The number of nitrogens with one attached hydrogen (secondary N) is 1. The van der Waals surface area contributed by atoms with E-state index in [0.29, 0.717) is 6.54 Å². The standard InChI is InChI=1S/C12H18N2O3S/c1-9(18(2)17)5-6-13-8-11-4-3-10(7-14-11)12(15)16/h3-4,7,9,13H,5-6,8H2,1-2H3,(H,15,16). The molecule has 0 bridgehead atoms. The second-order valence-electron chi connectivity index (χ2n) is 4.12. The molecule has 1 heterocycles. The molecule has 1 aromatic rings. The Kier molecular flexibility index (Phi) is 5.94. The Morgan fingerprint density at radius 3 is 2.78 bits per heavy atom. The van der Waals surface area contributed by atoms with Gasteiger partial charge in [-0.1, -0.05) is 6.92 Å². The molecule has 0 spiro atoms. The predicted octanol–water partition coefficient (Wildman–Crippen LogP) is 1.03. The lowest BCUT2D eigenvalue weighted by atomic mass is 10.2. The van der Waals surface area contributed by atoms with Crippen molar-refractivity contribution in [1.82, 2.24) is 10.3 Å². The van der Waals surface area contributed by atoms with Gasteiger partial charge in [0.25, 0.3) is 0 Å². The van der Waals surface area contributed by atoms with Crippen LogP contribution in [0.5, 0.6) is 0 Å². The van der Waals surface area contributed by atoms with Crippen LogP contribution in [-0.2, 0) is 17.3 Å². The van der Waals surface area contributed by atoms with Gasteiger partial charge < -0.3 is 10.4 Å². The highest BCUT2D eigenvalue weighted by Crippen LogP contribution is 2.01. The quantitative estimate of drug-likeness (QED) is 0.723. The maximum Gasteiger partial charge on any atom is 0.337 e. The number of carbonyl (C=O) groups is 1. The molecule has 1 aromatic heterocycles. The van der Waals surface area contributed by atoms with Crippen molar-refractivity contribution < 1.29 is 14.1 Å². The lowest BCUT2D eigenvalue weighted by Crippen LogP contribution is -2.21. The predicted molar refractivity (Wildman–Crippen MR) is 71.0 cm³/mol. The summed E-state index contributed by atoms with van der Waals surface area (Å²) in [5, 5.41) is 12.1. The lowest BCUT2D eigenvalue weighted by Gasteiger charge is -2.08. The van der Waals surface area contributed by atoms with E-state index in [1.807, 2.05) is 6.92 Å². The molecule has 5 nitrogen and oxygen atoms in total. The maximum atomic E-state index is 11.1. The average molecular weight is 270 g/mol. The van der Waals surface area contributed by atoms with Crippen LogP contribution in [-0.4, -0.2) is 38.3 Å². The number of aromatic carboxylic acids is 1. The summed E-state index contributed by atoms with van der Waals surface area (Å²) in [6.07, 6.45) is 3.90. The van der Waals surface area contributed by atoms with Gasteiger partial charge in [-0.05, 0) is 25.1 Å². The van der Waals surface area contributed by atoms with Crippen LogP contribution in [0.1, 0.15) is 29.4 Å². The number of hydrogen-bond acceptors (Lipinski definition) is 4. The summed E-state index contributed by atoms with van der Waals surface area (Å²) in [6, 6.07) is 3.23. The summed E-state index contributed by atoms with van der Waals surface area (Å²) in [7, 11) is -0.788. The maximum absolute atomic E-state index is 11.1. The first-order valence-electron chi connectivity index (χ1n) is 5.72. The number of carboxylic acids is 1. The fraction of sp³-hybridized carbons (Fsp3) is 0.500. The third-order valence-electron chi connectivity index (χ3n) is 2.67. The monoisotopic (exact) mass is 270 g/mol. The summed E-state index contributed by atoms with van der Waals surface area (Å²) >= 11 is 0. The van der Waals surface area contributed by atoms with Crippen LogP contribution in [0.2, 0.25) is 0 Å². The molecular formula is C12H18N2O3S. The number of rotatable bonds is 7. The second-order valence-corrected chi connectivity index (χ2v) is 5.92. The summed E-state index contributed by atoms with van der Waals surface area (Å²) in [5.74, 6) is -0.971. The molecule has 1 rings (SSSR count). The third-order valence-corrected chi connectivity index (χ3v) is 4.04. The van der Waals surface area contributed by atoms with Gasteiger partial charge in [0.05, 0.1) is 11.3 Å². The molecule has 18 heavy (non-hydrogen) atoms. The van der Waals surface area contributed by atoms with Crippen LogP contribution in [0.4, 0.5) is 0 Å². The third kappa shape index (κ3) is 4.93. The molecular weight excluding hydrogens is 252 g/mol. The number of pyridine rings is 1. The highest BCUT2D eigenvalue weighted by molar-refractivity contribution is 7.84. The number of aromatic nitrogens is 1. The van der Waals surface area contributed by atoms with E-state index in [-0.39, 0.29) is 10.8 Å². The molecule has 2 atom stereocenters. The molecule has 0 saturated carbocycles. The SMILES string of the molecule is CC(CCNCc1ccc(C(=O)O)cn1)S(C)=O. The normalized spacial score (nSPS) is 14.1. The van der Waals surface area contributed by atoms with Crippen molar-refractivity contribution in [2.45, 2.75) is 25.1 Å². The molecule has 0 amide bonds.